The van der Waals surface area contributed by atoms with E-state index in [4.69, 9.17) is 9.47 Å². The first kappa shape index (κ1) is 18.6. The fraction of sp³-hybridized carbons (Fsp3) is 0.300. The fourth-order valence-corrected chi connectivity index (χ4v) is 2.67. The van der Waals surface area contributed by atoms with Crippen LogP contribution in [-0.4, -0.2) is 32.3 Å². The summed E-state index contributed by atoms with van der Waals surface area (Å²) in [6, 6.07) is 7.69. The van der Waals surface area contributed by atoms with Crippen molar-refractivity contribution < 1.29 is 14.3 Å². The molecule has 0 aliphatic heterocycles. The first-order valence-electron chi connectivity index (χ1n) is 8.72. The van der Waals surface area contributed by atoms with Gasteiger partial charge in [0.2, 0.25) is 5.88 Å². The smallest absolute Gasteiger partial charge is 0.341 e. The van der Waals surface area contributed by atoms with Gasteiger partial charge in [-0.1, -0.05) is 12.1 Å². The number of hydrogen-bond acceptors (Lipinski definition) is 6. The zero-order valence-corrected chi connectivity index (χ0v) is 16.1. The molecule has 2 aromatic heterocycles. The van der Waals surface area contributed by atoms with Crippen molar-refractivity contribution in [1.29, 1.82) is 0 Å². The molecule has 3 aromatic rings. The van der Waals surface area contributed by atoms with Gasteiger partial charge in [0.25, 0.3) is 0 Å². The van der Waals surface area contributed by atoms with Crippen molar-refractivity contribution in [2.75, 3.05) is 6.61 Å². The number of hydrogen-bond donors (Lipinski definition) is 0. The van der Waals surface area contributed by atoms with Gasteiger partial charge in [-0.3, -0.25) is 0 Å². The molecule has 0 unspecified atom stereocenters. The van der Waals surface area contributed by atoms with E-state index in [1.54, 1.807) is 31.5 Å². The second-order valence-electron chi connectivity index (χ2n) is 6.26. The van der Waals surface area contributed by atoms with E-state index in [1.807, 2.05) is 32.0 Å². The third-order valence-corrected chi connectivity index (χ3v) is 4.08. The van der Waals surface area contributed by atoms with Crippen LogP contribution in [0.2, 0.25) is 0 Å². The van der Waals surface area contributed by atoms with Gasteiger partial charge < -0.3 is 9.47 Å². The molecule has 7 nitrogen and oxygen atoms in total. The number of rotatable bonds is 5. The fourth-order valence-electron chi connectivity index (χ4n) is 2.67. The van der Waals surface area contributed by atoms with Crippen LogP contribution in [-0.2, 0) is 4.74 Å². The van der Waals surface area contributed by atoms with Crippen LogP contribution in [0.4, 0.5) is 0 Å². The van der Waals surface area contributed by atoms with Gasteiger partial charge in [-0.05, 0) is 51.8 Å². The van der Waals surface area contributed by atoms with Gasteiger partial charge >= 0.3 is 5.97 Å². The Bertz CT molecular complexity index is 995. The van der Waals surface area contributed by atoms with Gasteiger partial charge in [0.15, 0.2) is 5.82 Å². The van der Waals surface area contributed by atoms with Gasteiger partial charge in [0.1, 0.15) is 17.1 Å². The SMILES string of the molecule is CCOC(=O)c1cnn(-c2cc(Oc3cc(C)ccc3C)nc(C)n2)c1C. The van der Waals surface area contributed by atoms with Crippen molar-refractivity contribution in [2.45, 2.75) is 34.6 Å². The highest BCUT2D eigenvalue weighted by Gasteiger charge is 2.18. The van der Waals surface area contributed by atoms with Crippen molar-refractivity contribution >= 4 is 5.97 Å². The van der Waals surface area contributed by atoms with E-state index < -0.39 is 5.97 Å². The number of aromatic nitrogens is 4. The minimum absolute atomic E-state index is 0.309. The minimum atomic E-state index is -0.404. The Morgan fingerprint density at radius 3 is 2.63 bits per heavy atom. The molecule has 0 aliphatic rings. The third kappa shape index (κ3) is 3.97. The highest BCUT2D eigenvalue weighted by molar-refractivity contribution is 5.90. The molecule has 0 bridgehead atoms. The van der Waals surface area contributed by atoms with E-state index in [2.05, 4.69) is 15.1 Å². The van der Waals surface area contributed by atoms with Crippen LogP contribution in [0, 0.1) is 27.7 Å². The minimum Gasteiger partial charge on any atom is -0.462 e. The van der Waals surface area contributed by atoms with Crippen LogP contribution in [0.15, 0.2) is 30.5 Å². The molecule has 0 spiro atoms. The first-order chi connectivity index (χ1) is 12.9. The Kier molecular flexibility index (Phi) is 5.21. The van der Waals surface area contributed by atoms with Crippen LogP contribution in [0.25, 0.3) is 5.82 Å². The van der Waals surface area contributed by atoms with Crippen LogP contribution < -0.4 is 4.74 Å². The van der Waals surface area contributed by atoms with Crippen molar-refractivity contribution in [3.05, 3.63) is 58.7 Å². The van der Waals surface area contributed by atoms with Gasteiger partial charge in [0.05, 0.1) is 18.5 Å². The summed E-state index contributed by atoms with van der Waals surface area (Å²) >= 11 is 0. The molecule has 3 rings (SSSR count). The van der Waals surface area contributed by atoms with Gasteiger partial charge in [-0.15, -0.1) is 0 Å². The number of benzene rings is 1. The number of esters is 1. The normalized spacial score (nSPS) is 10.7. The average Bonchev–Trinajstić information content (AvgIpc) is 2.99. The third-order valence-electron chi connectivity index (χ3n) is 4.08. The number of nitrogens with zero attached hydrogens (tertiary/aromatic N) is 4. The highest BCUT2D eigenvalue weighted by Crippen LogP contribution is 2.26. The molecule has 7 heteroatoms. The van der Waals surface area contributed by atoms with Crippen LogP contribution in [0.1, 0.15) is 39.9 Å². The topological polar surface area (TPSA) is 79.1 Å². The molecular formula is C20H22N4O3. The maximum absolute atomic E-state index is 12.0. The number of aryl methyl sites for hydroxylation is 3. The van der Waals surface area contributed by atoms with Crippen LogP contribution >= 0.6 is 0 Å². The lowest BCUT2D eigenvalue weighted by Crippen LogP contribution is -2.08. The predicted octanol–water partition coefficient (Wildman–Crippen LogP) is 3.86. The summed E-state index contributed by atoms with van der Waals surface area (Å²) in [5.74, 6) is 1.82. The maximum Gasteiger partial charge on any atom is 0.341 e. The molecule has 0 saturated heterocycles. The zero-order chi connectivity index (χ0) is 19.6. The highest BCUT2D eigenvalue weighted by atomic mass is 16.5. The van der Waals surface area contributed by atoms with Crippen LogP contribution in [0.3, 0.4) is 0 Å². The molecule has 140 valence electrons. The van der Waals surface area contributed by atoms with Crippen molar-refractivity contribution in [1.82, 2.24) is 19.7 Å². The predicted molar refractivity (Wildman–Crippen MR) is 101 cm³/mol. The van der Waals surface area contributed by atoms with E-state index in [9.17, 15) is 4.79 Å². The van der Waals surface area contributed by atoms with Crippen molar-refractivity contribution in [3.8, 4) is 17.4 Å². The lowest BCUT2D eigenvalue weighted by atomic mass is 10.1. The first-order valence-corrected chi connectivity index (χ1v) is 8.72. The Hall–Kier alpha value is -3.22. The average molecular weight is 366 g/mol. The van der Waals surface area contributed by atoms with Gasteiger partial charge in [-0.2, -0.15) is 10.1 Å². The quantitative estimate of drug-likeness (QED) is 0.638. The summed E-state index contributed by atoms with van der Waals surface area (Å²) in [7, 11) is 0. The number of carbonyl (C=O) groups is 1. The van der Waals surface area contributed by atoms with Crippen LogP contribution in [0.5, 0.6) is 11.6 Å². The largest absolute Gasteiger partial charge is 0.462 e. The molecular weight excluding hydrogens is 344 g/mol. The molecule has 27 heavy (non-hydrogen) atoms. The standard InChI is InChI=1S/C20H22N4O3/c1-6-26-20(25)16-11-21-24(14(16)4)18-10-19(23-15(5)22-18)27-17-9-12(2)7-8-13(17)3/h7-11H,6H2,1-5H3. The van der Waals surface area contributed by atoms with Crippen molar-refractivity contribution in [2.24, 2.45) is 0 Å². The lowest BCUT2D eigenvalue weighted by molar-refractivity contribution is 0.0525. The van der Waals surface area contributed by atoms with E-state index in [1.165, 1.54) is 6.20 Å². The molecule has 2 heterocycles. The summed E-state index contributed by atoms with van der Waals surface area (Å²) in [6.07, 6.45) is 1.48. The Balaban J connectivity index is 1.97. The van der Waals surface area contributed by atoms with Gasteiger partial charge in [0, 0.05) is 6.07 Å². The Morgan fingerprint density at radius 2 is 1.89 bits per heavy atom. The molecule has 0 amide bonds. The summed E-state index contributed by atoms with van der Waals surface area (Å²) < 4.78 is 12.6. The molecule has 0 saturated carbocycles. The Morgan fingerprint density at radius 1 is 1.11 bits per heavy atom. The van der Waals surface area contributed by atoms with E-state index in [-0.39, 0.29) is 0 Å². The van der Waals surface area contributed by atoms with E-state index in [0.717, 1.165) is 16.9 Å². The summed E-state index contributed by atoms with van der Waals surface area (Å²) in [5.41, 5.74) is 3.16. The second-order valence-corrected chi connectivity index (χ2v) is 6.26. The summed E-state index contributed by atoms with van der Waals surface area (Å²) in [4.78, 5) is 20.8. The second kappa shape index (κ2) is 7.57. The Labute approximate surface area is 158 Å². The number of carbonyl (C=O) groups excluding carboxylic acids is 1. The summed E-state index contributed by atoms with van der Waals surface area (Å²) in [5, 5.41) is 4.28. The monoisotopic (exact) mass is 366 g/mol. The molecule has 0 atom stereocenters. The molecule has 0 radical (unpaired) electrons. The molecule has 0 aliphatic carbocycles. The zero-order valence-electron chi connectivity index (χ0n) is 16.1. The lowest BCUT2D eigenvalue weighted by Gasteiger charge is -2.11. The van der Waals surface area contributed by atoms with Gasteiger partial charge in [-0.25, -0.2) is 14.5 Å². The molecule has 0 fully saturated rings. The maximum atomic E-state index is 12.0. The molecule has 1 aromatic carbocycles. The molecule has 0 N–H and O–H groups in total. The van der Waals surface area contributed by atoms with Crippen molar-refractivity contribution in [3.63, 3.8) is 0 Å². The summed E-state index contributed by atoms with van der Waals surface area (Å²) in [6.45, 7) is 9.64. The number of ether oxygens (including phenoxy) is 2. The van der Waals surface area contributed by atoms with E-state index in [0.29, 0.717) is 35.4 Å². The van der Waals surface area contributed by atoms with E-state index >= 15 is 0 Å².